The third-order valence-corrected chi connectivity index (χ3v) is 4.93. The Labute approximate surface area is 151 Å². The molecular formula is C20H18N2O4. The van der Waals surface area contributed by atoms with E-state index in [1.807, 2.05) is 0 Å². The number of fused-ring (bicyclic) bond motifs is 1. The Balaban J connectivity index is 1.55. The number of benzene rings is 2. The normalized spacial score (nSPS) is 19.2. The van der Waals surface area contributed by atoms with Crippen LogP contribution in [0.5, 0.6) is 0 Å². The number of carbonyl (C=O) groups is 3. The van der Waals surface area contributed by atoms with Gasteiger partial charge < -0.3 is 9.64 Å². The Morgan fingerprint density at radius 3 is 2.15 bits per heavy atom. The highest BCUT2D eigenvalue weighted by Crippen LogP contribution is 2.28. The molecule has 2 aromatic carbocycles. The standard InChI is InChI=1S/C20H18N2O4/c1-26-15-10-11-21(12-15)18(23)13-6-8-14(9-7-13)22-19(24)16-4-2-3-5-17(16)20(22)25/h2-9,15H,10-12H2,1H3. The molecule has 1 unspecified atom stereocenters. The van der Waals surface area contributed by atoms with Gasteiger partial charge in [-0.3, -0.25) is 14.4 Å². The van der Waals surface area contributed by atoms with Gasteiger partial charge in [-0.15, -0.1) is 0 Å². The van der Waals surface area contributed by atoms with Crippen LogP contribution in [0.3, 0.4) is 0 Å². The molecule has 0 aromatic heterocycles. The molecule has 0 radical (unpaired) electrons. The first kappa shape index (κ1) is 16.5. The van der Waals surface area contributed by atoms with E-state index in [4.69, 9.17) is 4.74 Å². The number of anilines is 1. The van der Waals surface area contributed by atoms with Crippen molar-refractivity contribution in [1.82, 2.24) is 4.90 Å². The number of ether oxygens (including phenoxy) is 1. The van der Waals surface area contributed by atoms with Crippen molar-refractivity contribution in [3.63, 3.8) is 0 Å². The Kier molecular flexibility index (Phi) is 4.05. The number of hydrogen-bond donors (Lipinski definition) is 0. The second kappa shape index (κ2) is 6.38. The van der Waals surface area contributed by atoms with Crippen LogP contribution in [0.2, 0.25) is 0 Å². The highest BCUT2D eigenvalue weighted by molar-refractivity contribution is 6.34. The van der Waals surface area contributed by atoms with Crippen LogP contribution >= 0.6 is 0 Å². The quantitative estimate of drug-likeness (QED) is 0.797. The molecular weight excluding hydrogens is 332 g/mol. The van der Waals surface area contributed by atoms with E-state index in [0.717, 1.165) is 11.3 Å². The fourth-order valence-electron chi connectivity index (χ4n) is 3.46. The average molecular weight is 350 g/mol. The third-order valence-electron chi connectivity index (χ3n) is 4.93. The number of likely N-dealkylation sites (tertiary alicyclic amines) is 1. The summed E-state index contributed by atoms with van der Waals surface area (Å²) in [5.74, 6) is -0.752. The molecule has 0 saturated carbocycles. The van der Waals surface area contributed by atoms with Gasteiger partial charge in [0.2, 0.25) is 0 Å². The maximum Gasteiger partial charge on any atom is 0.266 e. The summed E-state index contributed by atoms with van der Waals surface area (Å²) in [5.41, 5.74) is 1.80. The van der Waals surface area contributed by atoms with Crippen LogP contribution in [-0.4, -0.2) is 48.9 Å². The summed E-state index contributed by atoms with van der Waals surface area (Å²) in [6.45, 7) is 1.24. The molecule has 0 spiro atoms. The van der Waals surface area contributed by atoms with E-state index in [1.54, 1.807) is 60.5 Å². The first-order chi connectivity index (χ1) is 12.6. The van der Waals surface area contributed by atoms with Gasteiger partial charge in [-0.2, -0.15) is 0 Å². The molecule has 132 valence electrons. The van der Waals surface area contributed by atoms with E-state index in [1.165, 1.54) is 0 Å². The van der Waals surface area contributed by atoms with Gasteiger partial charge in [0, 0.05) is 25.8 Å². The summed E-state index contributed by atoms with van der Waals surface area (Å²) in [7, 11) is 1.65. The zero-order valence-corrected chi connectivity index (χ0v) is 14.3. The molecule has 2 aromatic rings. The lowest BCUT2D eigenvalue weighted by molar-refractivity contribution is 0.0724. The topological polar surface area (TPSA) is 66.9 Å². The third kappa shape index (κ3) is 2.59. The van der Waals surface area contributed by atoms with Crippen molar-refractivity contribution in [3.05, 3.63) is 65.2 Å². The van der Waals surface area contributed by atoms with Crippen molar-refractivity contribution in [2.45, 2.75) is 12.5 Å². The Morgan fingerprint density at radius 1 is 1.00 bits per heavy atom. The van der Waals surface area contributed by atoms with Gasteiger partial charge in [0.05, 0.1) is 22.9 Å². The molecule has 1 atom stereocenters. The molecule has 2 aliphatic heterocycles. The van der Waals surface area contributed by atoms with Crippen LogP contribution in [-0.2, 0) is 4.74 Å². The summed E-state index contributed by atoms with van der Waals surface area (Å²) in [5, 5.41) is 0. The number of carbonyl (C=O) groups excluding carboxylic acids is 3. The van der Waals surface area contributed by atoms with Crippen LogP contribution in [0.15, 0.2) is 48.5 Å². The lowest BCUT2D eigenvalue weighted by Crippen LogP contribution is -2.31. The van der Waals surface area contributed by atoms with Gasteiger partial charge in [-0.1, -0.05) is 12.1 Å². The van der Waals surface area contributed by atoms with E-state index in [2.05, 4.69) is 0 Å². The van der Waals surface area contributed by atoms with E-state index in [9.17, 15) is 14.4 Å². The molecule has 6 nitrogen and oxygen atoms in total. The van der Waals surface area contributed by atoms with Gasteiger partial charge in [-0.25, -0.2) is 4.90 Å². The lowest BCUT2D eigenvalue weighted by atomic mass is 10.1. The number of methoxy groups -OCH3 is 1. The SMILES string of the molecule is COC1CCN(C(=O)c2ccc(N3C(=O)c4ccccc4C3=O)cc2)C1. The monoisotopic (exact) mass is 350 g/mol. The van der Waals surface area contributed by atoms with Crippen LogP contribution in [0, 0.1) is 0 Å². The molecule has 26 heavy (non-hydrogen) atoms. The molecule has 6 heteroatoms. The average Bonchev–Trinajstić information content (AvgIpc) is 3.26. The minimum atomic E-state index is -0.341. The minimum absolute atomic E-state index is 0.0709. The number of imide groups is 1. The summed E-state index contributed by atoms with van der Waals surface area (Å²) >= 11 is 0. The van der Waals surface area contributed by atoms with E-state index >= 15 is 0 Å². The summed E-state index contributed by atoms with van der Waals surface area (Å²) in [4.78, 5) is 40.5. The molecule has 2 heterocycles. The zero-order valence-electron chi connectivity index (χ0n) is 14.3. The molecule has 0 aliphatic carbocycles. The van der Waals surface area contributed by atoms with Crippen molar-refractivity contribution in [1.29, 1.82) is 0 Å². The second-order valence-electron chi connectivity index (χ2n) is 6.44. The molecule has 1 saturated heterocycles. The first-order valence-electron chi connectivity index (χ1n) is 8.50. The van der Waals surface area contributed by atoms with Crippen molar-refractivity contribution in [2.24, 2.45) is 0 Å². The van der Waals surface area contributed by atoms with Gasteiger partial charge >= 0.3 is 0 Å². The predicted molar refractivity (Wildman–Crippen MR) is 95.3 cm³/mol. The fourth-order valence-corrected chi connectivity index (χ4v) is 3.46. The molecule has 0 N–H and O–H groups in total. The number of hydrogen-bond acceptors (Lipinski definition) is 4. The maximum absolute atomic E-state index is 12.6. The Morgan fingerprint density at radius 2 is 1.62 bits per heavy atom. The highest BCUT2D eigenvalue weighted by Gasteiger charge is 2.36. The lowest BCUT2D eigenvalue weighted by Gasteiger charge is -2.18. The van der Waals surface area contributed by atoms with Gasteiger partial charge in [0.1, 0.15) is 0 Å². The van der Waals surface area contributed by atoms with E-state index in [-0.39, 0.29) is 23.8 Å². The van der Waals surface area contributed by atoms with Gasteiger partial charge in [0.25, 0.3) is 17.7 Å². The molecule has 2 aliphatic rings. The summed E-state index contributed by atoms with van der Waals surface area (Å²) in [6, 6.07) is 13.3. The Bertz CT molecular complexity index is 856. The van der Waals surface area contributed by atoms with E-state index < -0.39 is 0 Å². The Hall–Kier alpha value is -2.99. The summed E-state index contributed by atoms with van der Waals surface area (Å²) < 4.78 is 5.29. The van der Waals surface area contributed by atoms with Gasteiger partial charge in [0.15, 0.2) is 0 Å². The van der Waals surface area contributed by atoms with Crippen molar-refractivity contribution >= 4 is 23.4 Å². The number of nitrogens with zero attached hydrogens (tertiary/aromatic N) is 2. The van der Waals surface area contributed by atoms with Gasteiger partial charge in [-0.05, 0) is 42.8 Å². The fraction of sp³-hybridized carbons (Fsp3) is 0.250. The summed E-state index contributed by atoms with van der Waals surface area (Å²) in [6.07, 6.45) is 0.909. The minimum Gasteiger partial charge on any atom is -0.380 e. The van der Waals surface area contributed by atoms with Crippen molar-refractivity contribution in [2.75, 3.05) is 25.1 Å². The van der Waals surface area contributed by atoms with Crippen molar-refractivity contribution in [3.8, 4) is 0 Å². The molecule has 1 fully saturated rings. The predicted octanol–water partition coefficient (Wildman–Crippen LogP) is 2.35. The van der Waals surface area contributed by atoms with Crippen LogP contribution in [0.1, 0.15) is 37.5 Å². The molecule has 3 amide bonds. The number of rotatable bonds is 3. The molecule has 0 bridgehead atoms. The van der Waals surface area contributed by atoms with Crippen LogP contribution in [0.25, 0.3) is 0 Å². The number of amides is 3. The van der Waals surface area contributed by atoms with Crippen molar-refractivity contribution < 1.29 is 19.1 Å². The van der Waals surface area contributed by atoms with Crippen LogP contribution < -0.4 is 4.90 Å². The van der Waals surface area contributed by atoms with E-state index in [0.29, 0.717) is 35.5 Å². The largest absolute Gasteiger partial charge is 0.380 e. The smallest absolute Gasteiger partial charge is 0.266 e. The zero-order chi connectivity index (χ0) is 18.3. The first-order valence-corrected chi connectivity index (χ1v) is 8.50. The van der Waals surface area contributed by atoms with Crippen LogP contribution in [0.4, 0.5) is 5.69 Å². The second-order valence-corrected chi connectivity index (χ2v) is 6.44. The highest BCUT2D eigenvalue weighted by atomic mass is 16.5. The maximum atomic E-state index is 12.6. The molecule has 4 rings (SSSR count).